The molecule has 3 aliphatic rings. The van der Waals surface area contributed by atoms with E-state index in [2.05, 4.69) is 37.2 Å². The van der Waals surface area contributed by atoms with E-state index in [0.29, 0.717) is 11.3 Å². The van der Waals surface area contributed by atoms with Crippen molar-refractivity contribution in [2.45, 2.75) is 18.8 Å². The summed E-state index contributed by atoms with van der Waals surface area (Å²) in [6.07, 6.45) is 9.11. The van der Waals surface area contributed by atoms with Crippen LogP contribution < -0.4 is 16.1 Å². The molecule has 2 aliphatic heterocycles. The maximum atomic E-state index is 12.9. The van der Waals surface area contributed by atoms with E-state index in [-0.39, 0.29) is 23.7 Å². The highest BCUT2D eigenvalue weighted by atomic mass is 16.2. The summed E-state index contributed by atoms with van der Waals surface area (Å²) < 4.78 is 0. The number of aromatic nitrogens is 2. The molecule has 2 aromatic heterocycles. The monoisotopic (exact) mass is 426 g/mol. The third kappa shape index (κ3) is 3.20. The molecule has 1 fully saturated rings. The fourth-order valence-electron chi connectivity index (χ4n) is 4.74. The van der Waals surface area contributed by atoms with E-state index in [1.165, 1.54) is 5.57 Å². The van der Waals surface area contributed by atoms with Crippen molar-refractivity contribution in [2.24, 2.45) is 11.0 Å². The Morgan fingerprint density at radius 3 is 3.00 bits per heavy atom. The highest BCUT2D eigenvalue weighted by molar-refractivity contribution is 6.17. The van der Waals surface area contributed by atoms with Crippen LogP contribution in [0.4, 0.5) is 5.69 Å². The number of aromatic amines is 1. The Hall–Kier alpha value is -3.78. The van der Waals surface area contributed by atoms with Crippen molar-refractivity contribution in [1.82, 2.24) is 20.7 Å². The van der Waals surface area contributed by atoms with Crippen molar-refractivity contribution in [2.75, 3.05) is 18.4 Å². The van der Waals surface area contributed by atoms with Crippen LogP contribution in [-0.2, 0) is 4.79 Å². The van der Waals surface area contributed by atoms with Crippen molar-refractivity contribution >= 4 is 40.2 Å². The zero-order chi connectivity index (χ0) is 21.7. The van der Waals surface area contributed by atoms with Crippen LogP contribution in [0.5, 0.6) is 0 Å². The van der Waals surface area contributed by atoms with Crippen LogP contribution >= 0.6 is 0 Å². The van der Waals surface area contributed by atoms with Crippen LogP contribution in [0.2, 0.25) is 0 Å². The lowest BCUT2D eigenvalue weighted by atomic mass is 9.99. The van der Waals surface area contributed by atoms with Gasteiger partial charge in [0, 0.05) is 47.0 Å². The van der Waals surface area contributed by atoms with Gasteiger partial charge in [0.05, 0.1) is 17.5 Å². The predicted molar refractivity (Wildman–Crippen MR) is 123 cm³/mol. The molecule has 0 bridgehead atoms. The molecule has 0 spiro atoms. The van der Waals surface area contributed by atoms with Gasteiger partial charge in [-0.1, -0.05) is 12.1 Å². The number of H-pyrrole nitrogens is 1. The Balaban J connectivity index is 1.34. The van der Waals surface area contributed by atoms with Crippen molar-refractivity contribution in [1.29, 1.82) is 0 Å². The van der Waals surface area contributed by atoms with Crippen molar-refractivity contribution in [3.8, 4) is 0 Å². The van der Waals surface area contributed by atoms with Crippen molar-refractivity contribution < 1.29 is 9.59 Å². The van der Waals surface area contributed by atoms with Crippen LogP contribution in [0.1, 0.15) is 45.9 Å². The number of carbonyl (C=O) groups excluding carboxylic acids is 2. The van der Waals surface area contributed by atoms with E-state index < -0.39 is 0 Å². The number of nitrogens with one attached hydrogen (secondary N) is 4. The molecule has 32 heavy (non-hydrogen) atoms. The SMILES string of the molecule is O=C1NN=Cc2c(C3=CCNCC3)[nH]c3cc(NC(=O)C4CC4c4cccnc4)cc1c23. The summed E-state index contributed by atoms with van der Waals surface area (Å²) in [6.45, 7) is 1.72. The summed E-state index contributed by atoms with van der Waals surface area (Å²) in [4.78, 5) is 33.2. The second kappa shape index (κ2) is 7.42. The van der Waals surface area contributed by atoms with Crippen LogP contribution in [0.15, 0.2) is 47.8 Å². The zero-order valence-electron chi connectivity index (χ0n) is 17.3. The highest BCUT2D eigenvalue weighted by Crippen LogP contribution is 2.47. The molecule has 2 unspecified atom stereocenters. The number of hydrogen-bond acceptors (Lipinski definition) is 5. The van der Waals surface area contributed by atoms with Gasteiger partial charge in [-0.2, -0.15) is 5.10 Å². The van der Waals surface area contributed by atoms with Gasteiger partial charge in [-0.05, 0) is 54.6 Å². The van der Waals surface area contributed by atoms with Gasteiger partial charge in [-0.15, -0.1) is 0 Å². The third-order valence-electron chi connectivity index (χ3n) is 6.43. The summed E-state index contributed by atoms with van der Waals surface area (Å²) >= 11 is 0. The van der Waals surface area contributed by atoms with E-state index in [1.807, 2.05) is 24.4 Å². The Morgan fingerprint density at radius 2 is 2.19 bits per heavy atom. The summed E-state index contributed by atoms with van der Waals surface area (Å²) in [6, 6.07) is 7.54. The highest BCUT2D eigenvalue weighted by Gasteiger charge is 2.44. The summed E-state index contributed by atoms with van der Waals surface area (Å²) in [5, 5.41) is 11.3. The Kier molecular flexibility index (Phi) is 4.39. The lowest BCUT2D eigenvalue weighted by Gasteiger charge is -2.13. The third-order valence-corrected chi connectivity index (χ3v) is 6.43. The van der Waals surface area contributed by atoms with Gasteiger partial charge in [0.25, 0.3) is 5.91 Å². The zero-order valence-corrected chi connectivity index (χ0v) is 17.3. The average Bonchev–Trinajstić information content (AvgIpc) is 3.57. The molecule has 1 aliphatic carbocycles. The molecule has 0 radical (unpaired) electrons. The maximum absolute atomic E-state index is 12.9. The molecule has 1 saturated carbocycles. The van der Waals surface area contributed by atoms with E-state index in [1.54, 1.807) is 18.5 Å². The van der Waals surface area contributed by atoms with Crippen molar-refractivity contribution in [3.63, 3.8) is 0 Å². The standard InChI is InChI=1S/C24H22N6O2/c31-23(17-10-16(17)14-2-1-5-26-11-14)28-15-8-18-21-19(12-27-30-24(18)32)22(29-20(21)9-15)13-3-6-25-7-4-13/h1-3,5,8-9,11-12,16-17,25,29H,4,6-7,10H2,(H,28,31)(H,30,32). The molecule has 8 heteroatoms. The summed E-state index contributed by atoms with van der Waals surface area (Å²) in [5.74, 6) is -0.212. The second-order valence-corrected chi connectivity index (χ2v) is 8.47. The lowest BCUT2D eigenvalue weighted by Crippen LogP contribution is -2.20. The summed E-state index contributed by atoms with van der Waals surface area (Å²) in [5.41, 5.74) is 8.65. The fourth-order valence-corrected chi connectivity index (χ4v) is 4.74. The number of carbonyl (C=O) groups is 2. The van der Waals surface area contributed by atoms with E-state index in [4.69, 9.17) is 0 Å². The molecular weight excluding hydrogens is 404 g/mol. The Bertz CT molecular complexity index is 1310. The average molecular weight is 426 g/mol. The molecule has 2 atom stereocenters. The first kappa shape index (κ1) is 18.9. The number of nitrogens with zero attached hydrogens (tertiary/aromatic N) is 2. The first-order chi connectivity index (χ1) is 15.7. The minimum atomic E-state index is -0.286. The largest absolute Gasteiger partial charge is 0.354 e. The van der Waals surface area contributed by atoms with Gasteiger partial charge < -0.3 is 15.6 Å². The fraction of sp³-hybridized carbons (Fsp3) is 0.250. The molecule has 0 saturated heterocycles. The molecular formula is C24H22N6O2. The smallest absolute Gasteiger partial charge is 0.272 e. The molecule has 1 aromatic carbocycles. The van der Waals surface area contributed by atoms with Crippen molar-refractivity contribution in [3.05, 3.63) is 65.1 Å². The maximum Gasteiger partial charge on any atom is 0.272 e. The first-order valence-corrected chi connectivity index (χ1v) is 10.8. The topological polar surface area (TPSA) is 111 Å². The van der Waals surface area contributed by atoms with Gasteiger partial charge in [-0.25, -0.2) is 5.43 Å². The van der Waals surface area contributed by atoms with Gasteiger partial charge >= 0.3 is 0 Å². The number of amides is 2. The van der Waals surface area contributed by atoms with Gasteiger partial charge in [0.1, 0.15) is 0 Å². The van der Waals surface area contributed by atoms with Gasteiger partial charge in [-0.3, -0.25) is 14.6 Å². The number of hydrogen-bond donors (Lipinski definition) is 4. The second-order valence-electron chi connectivity index (χ2n) is 8.47. The lowest BCUT2D eigenvalue weighted by molar-refractivity contribution is -0.117. The Labute approximate surface area is 184 Å². The number of pyridine rings is 1. The molecule has 4 heterocycles. The van der Waals surface area contributed by atoms with Gasteiger partial charge in [0.2, 0.25) is 5.91 Å². The van der Waals surface area contributed by atoms with Crippen LogP contribution in [0, 0.1) is 5.92 Å². The summed E-state index contributed by atoms with van der Waals surface area (Å²) in [7, 11) is 0. The van der Waals surface area contributed by atoms with Crippen LogP contribution in [-0.4, -0.2) is 41.1 Å². The molecule has 2 amide bonds. The minimum Gasteiger partial charge on any atom is -0.354 e. The van der Waals surface area contributed by atoms with Crippen LogP contribution in [0.25, 0.3) is 16.5 Å². The minimum absolute atomic E-state index is 0.0382. The van der Waals surface area contributed by atoms with E-state index >= 15 is 0 Å². The number of benzene rings is 1. The number of rotatable bonds is 4. The molecule has 160 valence electrons. The van der Waals surface area contributed by atoms with E-state index in [0.717, 1.165) is 53.7 Å². The normalized spacial score (nSPS) is 21.6. The van der Waals surface area contributed by atoms with E-state index in [9.17, 15) is 9.59 Å². The number of anilines is 1. The molecule has 3 aromatic rings. The molecule has 4 N–H and O–H groups in total. The van der Waals surface area contributed by atoms with Gasteiger partial charge in [0.15, 0.2) is 0 Å². The number of hydrazone groups is 1. The first-order valence-electron chi connectivity index (χ1n) is 10.8. The Morgan fingerprint density at radius 1 is 1.25 bits per heavy atom. The molecule has 8 nitrogen and oxygen atoms in total. The predicted octanol–water partition coefficient (Wildman–Crippen LogP) is 2.76. The molecule has 6 rings (SSSR count). The quantitative estimate of drug-likeness (QED) is 0.514. The van der Waals surface area contributed by atoms with Crippen LogP contribution in [0.3, 0.4) is 0 Å².